The minimum absolute atomic E-state index is 0.269. The van der Waals surface area contributed by atoms with E-state index in [1.165, 1.54) is 0 Å². The van der Waals surface area contributed by atoms with Crippen LogP contribution in [-0.4, -0.2) is 73.9 Å². The van der Waals surface area contributed by atoms with E-state index in [0.717, 1.165) is 0 Å². The van der Waals surface area contributed by atoms with Gasteiger partial charge in [0.1, 0.15) is 37.8 Å². The normalized spacial score (nSPS) is 35.6. The highest BCUT2D eigenvalue weighted by Crippen LogP contribution is 2.42. The molecule has 3 aliphatic heterocycles. The molecule has 0 aliphatic carbocycles. The summed E-state index contributed by atoms with van der Waals surface area (Å²) in [6.07, 6.45) is -0.170. The molecule has 0 radical (unpaired) electrons. The number of carbonyl (C=O) groups is 1. The van der Waals surface area contributed by atoms with E-state index in [4.69, 9.17) is 28.6 Å². The van der Waals surface area contributed by atoms with Crippen LogP contribution in [0.2, 0.25) is 0 Å². The maximum absolute atomic E-state index is 11.3. The number of hydroxylamine groups is 5. The van der Waals surface area contributed by atoms with Gasteiger partial charge in [0.2, 0.25) is 6.29 Å². The van der Waals surface area contributed by atoms with E-state index < -0.39 is 17.4 Å². The summed E-state index contributed by atoms with van der Waals surface area (Å²) in [5.41, 5.74) is -1.46. The fourth-order valence-electron chi connectivity index (χ4n) is 3.01. The minimum atomic E-state index is -0.842. The van der Waals surface area contributed by atoms with E-state index in [2.05, 4.69) is 13.2 Å². The van der Waals surface area contributed by atoms with Gasteiger partial charge in [-0.25, -0.2) is 4.79 Å². The Kier molecular flexibility index (Phi) is 5.02. The number of rotatable bonds is 8. The first-order valence-corrected chi connectivity index (χ1v) is 8.96. The molecule has 3 rings (SSSR count). The molecule has 0 spiro atoms. The second kappa shape index (κ2) is 6.75. The fraction of sp³-hybridized carbons (Fsp3) is 0.722. The third-order valence-corrected chi connectivity index (χ3v) is 5.13. The molecular formula is C18H29N2O7+. The zero-order valence-electron chi connectivity index (χ0n) is 16.6. The standard InChI is InChI=1S/C18H29N2O7/c1-12-18(4,25-15-14(22-12)24-15)9-11-20(6,7)27-19(5)10-8-17(3)13(2)23-16(21)26-17/h14-15H,1-2,8-11H2,3-7H3/q+1. The molecular weight excluding hydrogens is 356 g/mol. The molecule has 3 saturated heterocycles. The molecule has 27 heavy (non-hydrogen) atoms. The largest absolute Gasteiger partial charge is 0.514 e. The maximum Gasteiger partial charge on any atom is 0.514 e. The highest BCUT2D eigenvalue weighted by molar-refractivity contribution is 5.66. The lowest BCUT2D eigenvalue weighted by Crippen LogP contribution is -2.50. The molecule has 0 amide bonds. The lowest BCUT2D eigenvalue weighted by molar-refractivity contribution is -1.10. The van der Waals surface area contributed by atoms with Crippen molar-refractivity contribution in [3.05, 3.63) is 24.7 Å². The lowest BCUT2D eigenvalue weighted by atomic mass is 9.99. The molecule has 9 nitrogen and oxygen atoms in total. The van der Waals surface area contributed by atoms with Crippen molar-refractivity contribution < 1.29 is 38.1 Å². The summed E-state index contributed by atoms with van der Waals surface area (Å²) in [5.74, 6) is 0.889. The number of cyclic esters (lactones) is 2. The van der Waals surface area contributed by atoms with Crippen molar-refractivity contribution in [2.75, 3.05) is 34.2 Å². The summed E-state index contributed by atoms with van der Waals surface area (Å²) >= 11 is 0. The van der Waals surface area contributed by atoms with E-state index in [-0.39, 0.29) is 17.2 Å². The molecule has 3 aliphatic rings. The number of quaternary nitrogens is 1. The van der Waals surface area contributed by atoms with Crippen LogP contribution in [0, 0.1) is 0 Å². The van der Waals surface area contributed by atoms with Gasteiger partial charge in [-0.3, -0.25) is 0 Å². The van der Waals surface area contributed by atoms with Gasteiger partial charge < -0.3 is 23.7 Å². The molecule has 0 saturated carbocycles. The first kappa shape index (κ1) is 20.1. The number of ether oxygens (including phenoxy) is 5. The summed E-state index contributed by atoms with van der Waals surface area (Å²) < 4.78 is 27.1. The monoisotopic (exact) mass is 385 g/mol. The van der Waals surface area contributed by atoms with E-state index in [0.29, 0.717) is 37.4 Å². The smallest absolute Gasteiger partial charge is 0.461 e. The first-order valence-electron chi connectivity index (χ1n) is 8.96. The fourth-order valence-corrected chi connectivity index (χ4v) is 3.01. The van der Waals surface area contributed by atoms with Crippen molar-refractivity contribution in [2.24, 2.45) is 0 Å². The van der Waals surface area contributed by atoms with Crippen LogP contribution in [0.15, 0.2) is 24.7 Å². The third-order valence-electron chi connectivity index (χ3n) is 5.13. The van der Waals surface area contributed by atoms with Crippen LogP contribution < -0.4 is 0 Å². The van der Waals surface area contributed by atoms with Gasteiger partial charge in [0.05, 0.1) is 0 Å². The molecule has 0 aromatic rings. The van der Waals surface area contributed by atoms with Crippen LogP contribution in [0.3, 0.4) is 0 Å². The van der Waals surface area contributed by atoms with Gasteiger partial charge in [0, 0.05) is 26.4 Å². The van der Waals surface area contributed by atoms with Crippen molar-refractivity contribution in [2.45, 2.75) is 50.5 Å². The van der Waals surface area contributed by atoms with Gasteiger partial charge in [-0.15, -0.1) is 10.0 Å². The average molecular weight is 385 g/mol. The predicted molar refractivity (Wildman–Crippen MR) is 93.4 cm³/mol. The summed E-state index contributed by atoms with van der Waals surface area (Å²) in [6, 6.07) is 0. The second-order valence-electron chi connectivity index (χ2n) is 8.10. The molecule has 4 unspecified atom stereocenters. The van der Waals surface area contributed by atoms with Gasteiger partial charge in [-0.1, -0.05) is 13.2 Å². The molecule has 9 heteroatoms. The lowest BCUT2D eigenvalue weighted by Gasteiger charge is -2.36. The molecule has 0 bridgehead atoms. The van der Waals surface area contributed by atoms with Crippen molar-refractivity contribution in [1.82, 2.24) is 5.06 Å². The van der Waals surface area contributed by atoms with Crippen LogP contribution >= 0.6 is 0 Å². The Morgan fingerprint density at radius 3 is 2.48 bits per heavy atom. The Hall–Kier alpha value is -1.65. The van der Waals surface area contributed by atoms with Crippen LogP contribution in [0.5, 0.6) is 0 Å². The average Bonchev–Trinajstić information content (AvgIpc) is 3.22. The van der Waals surface area contributed by atoms with E-state index >= 15 is 0 Å². The van der Waals surface area contributed by atoms with Gasteiger partial charge >= 0.3 is 6.16 Å². The second-order valence-corrected chi connectivity index (χ2v) is 8.10. The number of fused-ring (bicyclic) bond motifs is 1. The van der Waals surface area contributed by atoms with E-state index in [1.54, 1.807) is 12.0 Å². The number of hydrogen-bond acceptors (Lipinski definition) is 8. The quantitative estimate of drug-likeness (QED) is 0.272. The van der Waals surface area contributed by atoms with Crippen molar-refractivity contribution >= 4 is 6.16 Å². The van der Waals surface area contributed by atoms with E-state index in [9.17, 15) is 4.79 Å². The Bertz CT molecular complexity index is 652. The highest BCUT2D eigenvalue weighted by Gasteiger charge is 2.55. The van der Waals surface area contributed by atoms with Gasteiger partial charge in [-0.2, -0.15) is 4.65 Å². The summed E-state index contributed by atoms with van der Waals surface area (Å²) in [7, 11) is 5.72. The van der Waals surface area contributed by atoms with Crippen molar-refractivity contribution in [3.8, 4) is 0 Å². The SMILES string of the molecule is C=C1OC(=O)OC1(C)CCN(C)O[N+](C)(C)CCC1(C)OC2OC2OC1=C. The van der Waals surface area contributed by atoms with Crippen LogP contribution in [0.1, 0.15) is 26.7 Å². The highest BCUT2D eigenvalue weighted by atomic mass is 16.9. The van der Waals surface area contributed by atoms with Crippen molar-refractivity contribution in [1.29, 1.82) is 0 Å². The topological polar surface area (TPSA) is 79.0 Å². The third kappa shape index (κ3) is 4.44. The predicted octanol–water partition coefficient (Wildman–Crippen LogP) is 2.06. The van der Waals surface area contributed by atoms with Crippen molar-refractivity contribution in [3.63, 3.8) is 0 Å². The Morgan fingerprint density at radius 2 is 1.85 bits per heavy atom. The molecule has 0 aromatic heterocycles. The first-order chi connectivity index (χ1) is 12.4. The number of hydrogen-bond donors (Lipinski definition) is 0. The summed E-state index contributed by atoms with van der Waals surface area (Å²) in [6.45, 7) is 12.6. The van der Waals surface area contributed by atoms with Gasteiger partial charge in [0.15, 0.2) is 5.60 Å². The Labute approximate surface area is 159 Å². The Balaban J connectivity index is 1.46. The molecule has 3 fully saturated rings. The van der Waals surface area contributed by atoms with E-state index in [1.807, 2.05) is 28.1 Å². The zero-order chi connectivity index (χ0) is 20.0. The molecule has 0 aromatic carbocycles. The zero-order valence-corrected chi connectivity index (χ0v) is 16.6. The van der Waals surface area contributed by atoms with Gasteiger partial charge in [0.25, 0.3) is 6.29 Å². The van der Waals surface area contributed by atoms with Gasteiger partial charge in [-0.05, 0) is 13.8 Å². The molecule has 4 atom stereocenters. The summed E-state index contributed by atoms with van der Waals surface area (Å²) in [5, 5.41) is 1.71. The number of epoxide rings is 1. The number of nitrogens with zero attached hydrogens (tertiary/aromatic N) is 2. The summed E-state index contributed by atoms with van der Waals surface area (Å²) in [4.78, 5) is 17.3. The van der Waals surface area contributed by atoms with Crippen LogP contribution in [0.4, 0.5) is 4.79 Å². The number of carbonyl (C=O) groups excluding carboxylic acids is 1. The molecule has 3 heterocycles. The Morgan fingerprint density at radius 1 is 1.15 bits per heavy atom. The maximum atomic E-state index is 11.3. The van der Waals surface area contributed by atoms with Crippen LogP contribution in [-0.2, 0) is 28.6 Å². The minimum Gasteiger partial charge on any atom is -0.461 e. The van der Waals surface area contributed by atoms with Crippen LogP contribution in [0.25, 0.3) is 0 Å². The molecule has 0 N–H and O–H groups in total. The molecule has 152 valence electrons.